The summed E-state index contributed by atoms with van der Waals surface area (Å²) in [7, 11) is 1.93. The molecule has 0 saturated heterocycles. The monoisotopic (exact) mass is 380 g/mol. The minimum atomic E-state index is -4.70. The predicted molar refractivity (Wildman–Crippen MR) is 99.2 cm³/mol. The molecule has 0 aromatic heterocycles. The molecule has 1 aliphatic carbocycles. The summed E-state index contributed by atoms with van der Waals surface area (Å²) in [5.41, 5.74) is 3.23. The van der Waals surface area contributed by atoms with Gasteiger partial charge in [-0.25, -0.2) is 0 Å². The van der Waals surface area contributed by atoms with E-state index in [1.165, 1.54) is 35.4 Å². The number of aryl methyl sites for hydroxylation is 1. The second-order valence-corrected chi connectivity index (χ2v) is 6.61. The van der Waals surface area contributed by atoms with Gasteiger partial charge in [0.2, 0.25) is 0 Å². The summed E-state index contributed by atoms with van der Waals surface area (Å²) in [4.78, 5) is 2.01. The van der Waals surface area contributed by atoms with Crippen LogP contribution in [0.4, 0.5) is 18.9 Å². The van der Waals surface area contributed by atoms with E-state index in [1.54, 1.807) is 0 Å². The Morgan fingerprint density at radius 2 is 1.85 bits per heavy atom. The van der Waals surface area contributed by atoms with Gasteiger partial charge in [0.1, 0.15) is 5.75 Å². The lowest BCUT2D eigenvalue weighted by Gasteiger charge is -2.35. The summed E-state index contributed by atoms with van der Waals surface area (Å²) in [5, 5.41) is 3.60. The summed E-state index contributed by atoms with van der Waals surface area (Å²) in [6.07, 6.45) is -1.52. The Morgan fingerprint density at radius 3 is 2.54 bits per heavy atom. The van der Waals surface area contributed by atoms with Crippen LogP contribution in [0.3, 0.4) is 0 Å². The molecular weight excluding hydrogens is 361 g/mol. The summed E-state index contributed by atoms with van der Waals surface area (Å²) in [6.45, 7) is 0. The molecule has 0 aliphatic heterocycles. The van der Waals surface area contributed by atoms with E-state index in [1.807, 2.05) is 24.1 Å². The summed E-state index contributed by atoms with van der Waals surface area (Å²) in [5.74, 6) is -0.261. The quantitative estimate of drug-likeness (QED) is 0.731. The van der Waals surface area contributed by atoms with Gasteiger partial charge in [-0.05, 0) is 66.9 Å². The van der Waals surface area contributed by atoms with Gasteiger partial charge in [-0.1, -0.05) is 24.3 Å². The van der Waals surface area contributed by atoms with Crippen molar-refractivity contribution in [2.75, 3.05) is 12.4 Å². The molecule has 1 atom stereocenters. The molecule has 26 heavy (non-hydrogen) atoms. The number of hydrogen-bond donors (Lipinski definition) is 1. The highest BCUT2D eigenvalue weighted by Gasteiger charge is 2.31. The van der Waals surface area contributed by atoms with Crippen molar-refractivity contribution in [1.82, 2.24) is 4.90 Å². The fourth-order valence-electron chi connectivity index (χ4n) is 3.22. The van der Waals surface area contributed by atoms with Gasteiger partial charge in [0.25, 0.3) is 0 Å². The second kappa shape index (κ2) is 7.53. The van der Waals surface area contributed by atoms with Crippen LogP contribution in [0.1, 0.15) is 30.0 Å². The number of fused-ring (bicyclic) bond motifs is 1. The first-order valence-corrected chi connectivity index (χ1v) is 8.72. The Hall–Kier alpha value is -2.28. The van der Waals surface area contributed by atoms with Crippen LogP contribution in [0.25, 0.3) is 0 Å². The third kappa shape index (κ3) is 4.46. The van der Waals surface area contributed by atoms with Gasteiger partial charge < -0.3 is 15.0 Å². The molecule has 0 fully saturated rings. The number of ether oxygens (including phenoxy) is 1. The number of anilines is 1. The van der Waals surface area contributed by atoms with Crippen LogP contribution in [0.5, 0.6) is 5.75 Å². The Labute approximate surface area is 155 Å². The van der Waals surface area contributed by atoms with Crippen LogP contribution in [-0.4, -0.2) is 23.4 Å². The van der Waals surface area contributed by atoms with Crippen LogP contribution in [0.15, 0.2) is 48.5 Å². The average molecular weight is 380 g/mol. The summed E-state index contributed by atoms with van der Waals surface area (Å²) >= 11 is 5.49. The Bertz CT molecular complexity index is 777. The van der Waals surface area contributed by atoms with Gasteiger partial charge in [-0.15, -0.1) is 13.2 Å². The van der Waals surface area contributed by atoms with Crippen molar-refractivity contribution >= 4 is 23.0 Å². The maximum Gasteiger partial charge on any atom is 0.573 e. The molecule has 0 amide bonds. The molecule has 0 heterocycles. The number of hydrogen-bond acceptors (Lipinski definition) is 2. The van der Waals surface area contributed by atoms with E-state index in [0.29, 0.717) is 10.8 Å². The van der Waals surface area contributed by atoms with Crippen LogP contribution < -0.4 is 10.1 Å². The molecule has 1 aliphatic rings. The van der Waals surface area contributed by atoms with Crippen molar-refractivity contribution in [2.45, 2.75) is 31.7 Å². The van der Waals surface area contributed by atoms with Gasteiger partial charge in [-0.3, -0.25) is 0 Å². The molecule has 0 radical (unpaired) electrons. The number of alkyl halides is 3. The number of nitrogens with one attached hydrogen (secondary N) is 1. The fourth-order valence-corrected chi connectivity index (χ4v) is 3.47. The van der Waals surface area contributed by atoms with Gasteiger partial charge in [0.15, 0.2) is 5.11 Å². The van der Waals surface area contributed by atoms with E-state index in [2.05, 4.69) is 22.2 Å². The van der Waals surface area contributed by atoms with E-state index >= 15 is 0 Å². The van der Waals surface area contributed by atoms with E-state index < -0.39 is 6.36 Å². The van der Waals surface area contributed by atoms with Crippen molar-refractivity contribution in [1.29, 1.82) is 0 Å². The highest BCUT2D eigenvalue weighted by molar-refractivity contribution is 7.80. The first kappa shape index (κ1) is 18.5. The SMILES string of the molecule is CN(C(=S)Nc1ccc(OC(F)(F)F)cc1)[C@@H]1CCCc2ccccc21. The molecule has 2 aromatic carbocycles. The molecule has 7 heteroatoms. The number of rotatable bonds is 3. The third-order valence-electron chi connectivity index (χ3n) is 4.46. The van der Waals surface area contributed by atoms with E-state index in [9.17, 15) is 13.2 Å². The van der Waals surface area contributed by atoms with E-state index in [4.69, 9.17) is 12.2 Å². The lowest BCUT2D eigenvalue weighted by atomic mass is 9.87. The first-order valence-electron chi connectivity index (χ1n) is 8.31. The number of benzene rings is 2. The van der Waals surface area contributed by atoms with Crippen LogP contribution in [-0.2, 0) is 6.42 Å². The topological polar surface area (TPSA) is 24.5 Å². The lowest BCUT2D eigenvalue weighted by Crippen LogP contribution is -2.36. The molecule has 3 rings (SSSR count). The average Bonchev–Trinajstić information content (AvgIpc) is 2.61. The molecule has 0 saturated carbocycles. The largest absolute Gasteiger partial charge is 0.573 e. The second-order valence-electron chi connectivity index (χ2n) is 6.22. The van der Waals surface area contributed by atoms with Crippen LogP contribution >= 0.6 is 12.2 Å². The number of nitrogens with zero attached hydrogens (tertiary/aromatic N) is 1. The predicted octanol–water partition coefficient (Wildman–Crippen LogP) is 5.29. The zero-order chi connectivity index (χ0) is 18.7. The zero-order valence-electron chi connectivity index (χ0n) is 14.2. The summed E-state index contributed by atoms with van der Waals surface area (Å²) < 4.78 is 40.5. The minimum Gasteiger partial charge on any atom is -0.406 e. The van der Waals surface area contributed by atoms with Crippen molar-refractivity contribution in [3.8, 4) is 5.75 Å². The molecule has 3 nitrogen and oxygen atoms in total. The minimum absolute atomic E-state index is 0.188. The molecule has 0 unspecified atom stereocenters. The molecule has 0 bridgehead atoms. The molecule has 1 N–H and O–H groups in total. The highest BCUT2D eigenvalue weighted by Crippen LogP contribution is 2.34. The van der Waals surface area contributed by atoms with Gasteiger partial charge >= 0.3 is 6.36 Å². The van der Waals surface area contributed by atoms with E-state index in [-0.39, 0.29) is 11.8 Å². The molecular formula is C19H19F3N2OS. The zero-order valence-corrected chi connectivity index (χ0v) is 15.0. The summed E-state index contributed by atoms with van der Waals surface area (Å²) in [6, 6.07) is 14.1. The Morgan fingerprint density at radius 1 is 1.15 bits per heavy atom. The van der Waals surface area contributed by atoms with Crippen LogP contribution in [0, 0.1) is 0 Å². The molecule has 138 valence electrons. The van der Waals surface area contributed by atoms with Crippen molar-refractivity contribution in [3.63, 3.8) is 0 Å². The Kier molecular flexibility index (Phi) is 5.36. The maximum absolute atomic E-state index is 12.2. The molecule has 0 spiro atoms. The standard InChI is InChI=1S/C19H19F3N2OS/c1-24(17-8-4-6-13-5-2-3-7-16(13)17)18(26)23-14-9-11-15(12-10-14)25-19(20,21)22/h2-3,5,7,9-12,17H,4,6,8H2,1H3,(H,23,26)/t17-/m1/s1. The smallest absolute Gasteiger partial charge is 0.406 e. The highest BCUT2D eigenvalue weighted by atomic mass is 32.1. The number of thiocarbonyl (C=S) groups is 1. The maximum atomic E-state index is 12.2. The van der Waals surface area contributed by atoms with Crippen molar-refractivity contribution in [2.24, 2.45) is 0 Å². The first-order chi connectivity index (χ1) is 12.3. The third-order valence-corrected chi connectivity index (χ3v) is 4.85. The van der Waals surface area contributed by atoms with Crippen molar-refractivity contribution in [3.05, 3.63) is 59.7 Å². The molecule has 2 aromatic rings. The van der Waals surface area contributed by atoms with Gasteiger partial charge in [-0.2, -0.15) is 0 Å². The van der Waals surface area contributed by atoms with Gasteiger partial charge in [0.05, 0.1) is 6.04 Å². The van der Waals surface area contributed by atoms with Gasteiger partial charge in [0, 0.05) is 12.7 Å². The normalized spacial score (nSPS) is 16.5. The lowest BCUT2D eigenvalue weighted by molar-refractivity contribution is -0.274. The Balaban J connectivity index is 1.67. The van der Waals surface area contributed by atoms with E-state index in [0.717, 1.165) is 19.3 Å². The van der Waals surface area contributed by atoms with Crippen LogP contribution in [0.2, 0.25) is 0 Å². The fraction of sp³-hybridized carbons (Fsp3) is 0.316. The number of halogens is 3. The van der Waals surface area contributed by atoms with Crippen molar-refractivity contribution < 1.29 is 17.9 Å².